The summed E-state index contributed by atoms with van der Waals surface area (Å²) in [6, 6.07) is 16.6. The first-order valence-electron chi connectivity index (χ1n) is 11.5. The zero-order chi connectivity index (χ0) is 23.3. The van der Waals surface area contributed by atoms with Gasteiger partial charge >= 0.3 is 0 Å². The van der Waals surface area contributed by atoms with E-state index in [0.29, 0.717) is 31.0 Å². The van der Waals surface area contributed by atoms with Crippen molar-refractivity contribution in [1.29, 1.82) is 0 Å². The molecule has 1 unspecified atom stereocenters. The first kappa shape index (κ1) is 24.0. The molecule has 2 aromatic carbocycles. The number of hydrogen-bond donors (Lipinski definition) is 1. The van der Waals surface area contributed by atoms with Gasteiger partial charge in [-0.2, -0.15) is 4.31 Å². The van der Waals surface area contributed by atoms with E-state index >= 15 is 0 Å². The number of anilines is 1. The minimum atomic E-state index is -3.63. The molecule has 7 nitrogen and oxygen atoms in total. The Kier molecular flexibility index (Phi) is 7.90. The van der Waals surface area contributed by atoms with Crippen LogP contribution < -0.4 is 10.2 Å². The molecule has 2 aliphatic heterocycles. The van der Waals surface area contributed by atoms with Crippen molar-refractivity contribution in [3.05, 3.63) is 59.6 Å². The summed E-state index contributed by atoms with van der Waals surface area (Å²) in [7, 11) is -3.63. The summed E-state index contributed by atoms with van der Waals surface area (Å²) >= 11 is 5.88. The molecule has 178 valence electrons. The van der Waals surface area contributed by atoms with Crippen LogP contribution >= 0.6 is 11.6 Å². The maximum absolute atomic E-state index is 13.0. The van der Waals surface area contributed by atoms with Crippen molar-refractivity contribution >= 4 is 33.2 Å². The molecule has 1 amide bonds. The lowest BCUT2D eigenvalue weighted by Gasteiger charge is -2.36. The summed E-state index contributed by atoms with van der Waals surface area (Å²) in [6.45, 7) is 5.88. The van der Waals surface area contributed by atoms with E-state index in [0.717, 1.165) is 32.7 Å². The summed E-state index contributed by atoms with van der Waals surface area (Å²) in [5, 5.41) is 3.52. The lowest BCUT2D eigenvalue weighted by Crippen LogP contribution is -2.49. The Bertz CT molecular complexity index is 1030. The zero-order valence-electron chi connectivity index (χ0n) is 18.7. The molecule has 1 atom stereocenters. The highest BCUT2D eigenvalue weighted by Crippen LogP contribution is 2.25. The van der Waals surface area contributed by atoms with Crippen LogP contribution in [0.25, 0.3) is 0 Å². The van der Waals surface area contributed by atoms with Crippen LogP contribution in [0.4, 0.5) is 5.69 Å². The largest absolute Gasteiger partial charge is 0.369 e. The molecule has 1 N–H and O–H groups in total. The Hall–Kier alpha value is -2.13. The second kappa shape index (κ2) is 10.9. The number of hydrogen-bond acceptors (Lipinski definition) is 5. The monoisotopic (exact) mass is 490 g/mol. The van der Waals surface area contributed by atoms with Crippen molar-refractivity contribution in [3.63, 3.8) is 0 Å². The number of rotatable bonds is 7. The van der Waals surface area contributed by atoms with Crippen molar-refractivity contribution in [2.45, 2.75) is 17.7 Å². The highest BCUT2D eigenvalue weighted by Gasteiger charge is 2.33. The SMILES string of the molecule is O=C(NCCN1CCN(c2ccccc2)CC1)C1CCCN(S(=O)(=O)c2ccc(Cl)cc2)C1. The minimum absolute atomic E-state index is 0.0612. The van der Waals surface area contributed by atoms with Crippen LogP contribution in [0.15, 0.2) is 59.5 Å². The number of para-hydroxylation sites is 1. The molecule has 9 heteroatoms. The van der Waals surface area contributed by atoms with Gasteiger partial charge in [-0.25, -0.2) is 8.42 Å². The molecule has 33 heavy (non-hydrogen) atoms. The lowest BCUT2D eigenvalue weighted by atomic mass is 9.99. The zero-order valence-corrected chi connectivity index (χ0v) is 20.3. The van der Waals surface area contributed by atoms with Crippen molar-refractivity contribution in [1.82, 2.24) is 14.5 Å². The normalized spacial score (nSPS) is 20.5. The van der Waals surface area contributed by atoms with E-state index in [1.54, 1.807) is 12.1 Å². The molecule has 0 bridgehead atoms. The van der Waals surface area contributed by atoms with Crippen LogP contribution in [0.5, 0.6) is 0 Å². The van der Waals surface area contributed by atoms with Gasteiger partial charge in [0.2, 0.25) is 15.9 Å². The molecule has 0 saturated carbocycles. The van der Waals surface area contributed by atoms with E-state index < -0.39 is 10.0 Å². The summed E-state index contributed by atoms with van der Waals surface area (Å²) in [4.78, 5) is 17.7. The molecule has 2 saturated heterocycles. The maximum Gasteiger partial charge on any atom is 0.243 e. The van der Waals surface area contributed by atoms with Crippen LogP contribution in [-0.2, 0) is 14.8 Å². The molecular formula is C24H31ClN4O3S. The number of sulfonamides is 1. The molecule has 0 aromatic heterocycles. The molecule has 2 fully saturated rings. The minimum Gasteiger partial charge on any atom is -0.369 e. The number of amides is 1. The fourth-order valence-corrected chi connectivity index (χ4v) is 6.13. The van der Waals surface area contributed by atoms with Gasteiger partial charge in [0, 0.05) is 63.1 Å². The Balaban J connectivity index is 1.22. The van der Waals surface area contributed by atoms with Gasteiger partial charge in [-0.3, -0.25) is 9.69 Å². The highest BCUT2D eigenvalue weighted by atomic mass is 35.5. The van der Waals surface area contributed by atoms with E-state index in [2.05, 4.69) is 39.4 Å². The molecule has 2 aliphatic rings. The topological polar surface area (TPSA) is 73.0 Å². The number of carbonyl (C=O) groups is 1. The number of nitrogens with zero attached hydrogens (tertiary/aromatic N) is 3. The van der Waals surface area contributed by atoms with Crippen molar-refractivity contribution in [3.8, 4) is 0 Å². The van der Waals surface area contributed by atoms with Gasteiger partial charge in [0.15, 0.2) is 0 Å². The fourth-order valence-electron chi connectivity index (χ4n) is 4.48. The molecular weight excluding hydrogens is 460 g/mol. The van der Waals surface area contributed by atoms with Gasteiger partial charge in [-0.05, 0) is 49.2 Å². The van der Waals surface area contributed by atoms with Gasteiger partial charge < -0.3 is 10.2 Å². The van der Waals surface area contributed by atoms with Gasteiger partial charge in [0.25, 0.3) is 0 Å². The molecule has 2 heterocycles. The molecule has 0 radical (unpaired) electrons. The average Bonchev–Trinajstić information content (AvgIpc) is 2.85. The smallest absolute Gasteiger partial charge is 0.243 e. The second-order valence-electron chi connectivity index (χ2n) is 8.61. The third-order valence-electron chi connectivity index (χ3n) is 6.43. The lowest BCUT2D eigenvalue weighted by molar-refractivity contribution is -0.126. The summed E-state index contributed by atoms with van der Waals surface area (Å²) < 4.78 is 27.3. The number of benzene rings is 2. The van der Waals surface area contributed by atoms with E-state index in [1.807, 2.05) is 6.07 Å². The fraction of sp³-hybridized carbons (Fsp3) is 0.458. The first-order valence-corrected chi connectivity index (χ1v) is 13.3. The summed E-state index contributed by atoms with van der Waals surface area (Å²) in [5.41, 5.74) is 1.25. The number of carbonyl (C=O) groups excluding carboxylic acids is 1. The average molecular weight is 491 g/mol. The quantitative estimate of drug-likeness (QED) is 0.646. The summed E-state index contributed by atoms with van der Waals surface area (Å²) in [5.74, 6) is -0.385. The van der Waals surface area contributed by atoms with Gasteiger partial charge in [0.05, 0.1) is 10.8 Å². The number of nitrogens with one attached hydrogen (secondary N) is 1. The second-order valence-corrected chi connectivity index (χ2v) is 11.0. The van der Waals surface area contributed by atoms with E-state index in [9.17, 15) is 13.2 Å². The Morgan fingerprint density at radius 2 is 1.67 bits per heavy atom. The predicted octanol–water partition coefficient (Wildman–Crippen LogP) is 2.68. The highest BCUT2D eigenvalue weighted by molar-refractivity contribution is 7.89. The Labute approximate surface area is 201 Å². The molecule has 4 rings (SSSR count). The van der Waals surface area contributed by atoms with Gasteiger partial charge in [-0.15, -0.1) is 0 Å². The summed E-state index contributed by atoms with van der Waals surface area (Å²) in [6.07, 6.45) is 1.38. The van der Waals surface area contributed by atoms with Crippen LogP contribution in [0, 0.1) is 5.92 Å². The van der Waals surface area contributed by atoms with Crippen molar-refractivity contribution < 1.29 is 13.2 Å². The Morgan fingerprint density at radius 1 is 0.970 bits per heavy atom. The van der Waals surface area contributed by atoms with Crippen LogP contribution in [0.2, 0.25) is 5.02 Å². The third kappa shape index (κ3) is 6.06. The van der Waals surface area contributed by atoms with Crippen LogP contribution in [-0.4, -0.2) is 75.9 Å². The molecule has 0 aliphatic carbocycles. The number of piperazine rings is 1. The number of halogens is 1. The van der Waals surface area contributed by atoms with Crippen molar-refractivity contribution in [2.24, 2.45) is 5.92 Å². The van der Waals surface area contributed by atoms with Gasteiger partial charge in [-0.1, -0.05) is 29.8 Å². The molecule has 2 aromatic rings. The molecule has 0 spiro atoms. The van der Waals surface area contributed by atoms with Crippen LogP contribution in [0.1, 0.15) is 12.8 Å². The van der Waals surface area contributed by atoms with E-state index in [4.69, 9.17) is 11.6 Å². The predicted molar refractivity (Wildman–Crippen MR) is 131 cm³/mol. The standard InChI is InChI=1S/C24H31ClN4O3S/c25-21-8-10-23(11-9-21)33(31,32)29-13-4-5-20(19-29)24(30)26-12-14-27-15-17-28(18-16-27)22-6-2-1-3-7-22/h1-3,6-11,20H,4-5,12-19H2,(H,26,30). The van der Waals surface area contributed by atoms with Crippen LogP contribution in [0.3, 0.4) is 0 Å². The maximum atomic E-state index is 13.0. The Morgan fingerprint density at radius 3 is 2.36 bits per heavy atom. The van der Waals surface area contributed by atoms with Gasteiger partial charge in [0.1, 0.15) is 0 Å². The first-order chi connectivity index (χ1) is 15.9. The van der Waals surface area contributed by atoms with E-state index in [1.165, 1.54) is 22.1 Å². The van der Waals surface area contributed by atoms with E-state index in [-0.39, 0.29) is 23.3 Å². The number of piperidine rings is 1. The third-order valence-corrected chi connectivity index (χ3v) is 8.56. The van der Waals surface area contributed by atoms with Crippen molar-refractivity contribution in [2.75, 3.05) is 57.3 Å².